The molecule has 0 N–H and O–H groups in total. The molecule has 6 nitrogen and oxygen atoms in total. The summed E-state index contributed by atoms with van der Waals surface area (Å²) in [5, 5.41) is 0. The summed E-state index contributed by atoms with van der Waals surface area (Å²) in [5.74, 6) is 0.636. The van der Waals surface area contributed by atoms with Crippen LogP contribution in [0.25, 0.3) is 0 Å². The molecule has 0 saturated carbocycles. The van der Waals surface area contributed by atoms with Crippen LogP contribution < -0.4 is 4.74 Å². The Bertz CT molecular complexity index is 654. The zero-order valence-corrected chi connectivity index (χ0v) is 13.6. The molecular weight excluding hydrogens is 292 g/mol. The Labute approximate surface area is 136 Å². The molecule has 1 unspecified atom stereocenters. The molecule has 0 fully saturated rings. The minimum atomic E-state index is 0.0492. The van der Waals surface area contributed by atoms with Crippen molar-refractivity contribution in [2.75, 3.05) is 27.2 Å². The van der Waals surface area contributed by atoms with Gasteiger partial charge in [-0.05, 0) is 18.2 Å². The number of nitrogens with zero attached hydrogens (tertiary/aromatic N) is 4. The van der Waals surface area contributed by atoms with Gasteiger partial charge in [-0.2, -0.15) is 0 Å². The van der Waals surface area contributed by atoms with Crippen molar-refractivity contribution in [2.45, 2.75) is 19.0 Å². The molecule has 0 bridgehead atoms. The average Bonchev–Trinajstić information content (AvgIpc) is 3.03. The molecule has 1 atom stereocenters. The molecule has 2 aromatic rings. The SMILES string of the molecule is CN(C)C(=O)N1Cc2cccn2C(CCOc2ccccn2)C1. The molecule has 2 aromatic heterocycles. The summed E-state index contributed by atoms with van der Waals surface area (Å²) in [5.41, 5.74) is 1.16. The van der Waals surface area contributed by atoms with E-state index >= 15 is 0 Å². The summed E-state index contributed by atoms with van der Waals surface area (Å²) in [6, 6.07) is 10.0. The molecule has 6 heteroatoms. The van der Waals surface area contributed by atoms with Crippen LogP contribution in [0.2, 0.25) is 0 Å². The number of pyridine rings is 1. The van der Waals surface area contributed by atoms with E-state index in [0.717, 1.165) is 12.1 Å². The molecule has 2 amide bonds. The summed E-state index contributed by atoms with van der Waals surface area (Å²) in [6.45, 7) is 1.93. The number of fused-ring (bicyclic) bond motifs is 1. The van der Waals surface area contributed by atoms with Gasteiger partial charge in [0.2, 0.25) is 5.88 Å². The van der Waals surface area contributed by atoms with Crippen molar-refractivity contribution < 1.29 is 9.53 Å². The highest BCUT2D eigenvalue weighted by molar-refractivity contribution is 5.74. The van der Waals surface area contributed by atoms with Crippen molar-refractivity contribution in [3.05, 3.63) is 48.4 Å². The zero-order chi connectivity index (χ0) is 16.2. The molecule has 3 heterocycles. The van der Waals surface area contributed by atoms with Crippen LogP contribution in [0.4, 0.5) is 4.79 Å². The Morgan fingerprint density at radius 1 is 1.35 bits per heavy atom. The molecule has 23 heavy (non-hydrogen) atoms. The van der Waals surface area contributed by atoms with Crippen LogP contribution in [-0.2, 0) is 6.54 Å². The van der Waals surface area contributed by atoms with Crippen LogP contribution in [0, 0.1) is 0 Å². The average molecular weight is 314 g/mol. The van der Waals surface area contributed by atoms with Crippen LogP contribution in [0.3, 0.4) is 0 Å². The lowest BCUT2D eigenvalue weighted by Gasteiger charge is -2.36. The van der Waals surface area contributed by atoms with Crippen molar-refractivity contribution in [1.82, 2.24) is 19.4 Å². The number of amides is 2. The molecule has 1 aliphatic heterocycles. The largest absolute Gasteiger partial charge is 0.478 e. The lowest BCUT2D eigenvalue weighted by Crippen LogP contribution is -2.45. The van der Waals surface area contributed by atoms with Gasteiger partial charge in [-0.25, -0.2) is 9.78 Å². The van der Waals surface area contributed by atoms with Crippen LogP contribution in [-0.4, -0.2) is 52.6 Å². The number of hydrogen-bond acceptors (Lipinski definition) is 3. The van der Waals surface area contributed by atoms with Gasteiger partial charge in [-0.1, -0.05) is 6.07 Å². The third kappa shape index (κ3) is 3.47. The molecule has 3 rings (SSSR count). The Morgan fingerprint density at radius 2 is 2.22 bits per heavy atom. The van der Waals surface area contributed by atoms with E-state index in [-0.39, 0.29) is 12.1 Å². The fraction of sp³-hybridized carbons (Fsp3) is 0.412. The third-order valence-corrected chi connectivity index (χ3v) is 4.04. The lowest BCUT2D eigenvalue weighted by molar-refractivity contribution is 0.138. The molecule has 0 aliphatic carbocycles. The molecule has 0 radical (unpaired) electrons. The van der Waals surface area contributed by atoms with Gasteiger partial charge in [0.1, 0.15) is 0 Å². The summed E-state index contributed by atoms with van der Waals surface area (Å²) in [6.07, 6.45) is 4.63. The van der Waals surface area contributed by atoms with Crippen molar-refractivity contribution in [3.63, 3.8) is 0 Å². The maximum absolute atomic E-state index is 12.3. The van der Waals surface area contributed by atoms with E-state index in [1.54, 1.807) is 25.2 Å². The van der Waals surface area contributed by atoms with E-state index in [2.05, 4.69) is 21.8 Å². The van der Waals surface area contributed by atoms with E-state index in [9.17, 15) is 4.79 Å². The highest BCUT2D eigenvalue weighted by Crippen LogP contribution is 2.25. The van der Waals surface area contributed by atoms with Crippen LogP contribution >= 0.6 is 0 Å². The fourth-order valence-corrected chi connectivity index (χ4v) is 2.91. The van der Waals surface area contributed by atoms with E-state index in [4.69, 9.17) is 4.74 Å². The van der Waals surface area contributed by atoms with Crippen LogP contribution in [0.15, 0.2) is 42.7 Å². The second kappa shape index (κ2) is 6.73. The molecular formula is C17H22N4O2. The van der Waals surface area contributed by atoms with Crippen LogP contribution in [0.1, 0.15) is 18.2 Å². The van der Waals surface area contributed by atoms with Crippen molar-refractivity contribution in [2.24, 2.45) is 0 Å². The molecule has 0 spiro atoms. The highest BCUT2D eigenvalue weighted by atomic mass is 16.5. The summed E-state index contributed by atoms with van der Waals surface area (Å²) < 4.78 is 7.96. The van der Waals surface area contributed by atoms with Gasteiger partial charge in [0.15, 0.2) is 0 Å². The van der Waals surface area contributed by atoms with Gasteiger partial charge in [0.25, 0.3) is 0 Å². The predicted molar refractivity (Wildman–Crippen MR) is 87.3 cm³/mol. The zero-order valence-electron chi connectivity index (χ0n) is 13.6. The second-order valence-electron chi connectivity index (χ2n) is 5.92. The first-order valence-electron chi connectivity index (χ1n) is 7.81. The Hall–Kier alpha value is -2.50. The standard InChI is InChI=1S/C17H22N4O2/c1-19(2)17(22)20-12-14-6-5-10-21(14)15(13-20)8-11-23-16-7-3-4-9-18-16/h3-7,9-10,15H,8,11-13H2,1-2H3. The molecule has 122 valence electrons. The lowest BCUT2D eigenvalue weighted by atomic mass is 10.1. The fourth-order valence-electron chi connectivity index (χ4n) is 2.91. The first-order valence-corrected chi connectivity index (χ1v) is 7.81. The van der Waals surface area contributed by atoms with E-state index in [0.29, 0.717) is 25.6 Å². The van der Waals surface area contributed by atoms with Crippen molar-refractivity contribution >= 4 is 6.03 Å². The van der Waals surface area contributed by atoms with Gasteiger partial charge < -0.3 is 19.1 Å². The Balaban J connectivity index is 1.65. The monoisotopic (exact) mass is 314 g/mol. The molecule has 0 saturated heterocycles. The van der Waals surface area contributed by atoms with Crippen LogP contribution in [0.5, 0.6) is 5.88 Å². The van der Waals surface area contributed by atoms with Gasteiger partial charge >= 0.3 is 6.03 Å². The van der Waals surface area contributed by atoms with E-state index in [1.165, 1.54) is 0 Å². The maximum atomic E-state index is 12.3. The minimum Gasteiger partial charge on any atom is -0.478 e. The summed E-state index contributed by atoms with van der Waals surface area (Å²) in [4.78, 5) is 19.9. The Morgan fingerprint density at radius 3 is 2.96 bits per heavy atom. The van der Waals surface area contributed by atoms with Gasteiger partial charge in [0.05, 0.1) is 19.2 Å². The Kier molecular flexibility index (Phi) is 4.50. The van der Waals surface area contributed by atoms with Gasteiger partial charge in [-0.15, -0.1) is 0 Å². The first kappa shape index (κ1) is 15.4. The van der Waals surface area contributed by atoms with Crippen molar-refractivity contribution in [3.8, 4) is 5.88 Å². The number of carbonyl (C=O) groups is 1. The normalized spacial score (nSPS) is 16.8. The van der Waals surface area contributed by atoms with Crippen molar-refractivity contribution in [1.29, 1.82) is 0 Å². The summed E-state index contributed by atoms with van der Waals surface area (Å²) in [7, 11) is 3.57. The van der Waals surface area contributed by atoms with Gasteiger partial charge in [-0.3, -0.25) is 0 Å². The first-order chi connectivity index (χ1) is 11.1. The van der Waals surface area contributed by atoms with E-state index in [1.807, 2.05) is 29.2 Å². The smallest absolute Gasteiger partial charge is 0.319 e. The number of carbonyl (C=O) groups excluding carboxylic acids is 1. The number of aromatic nitrogens is 2. The quantitative estimate of drug-likeness (QED) is 0.870. The van der Waals surface area contributed by atoms with E-state index < -0.39 is 0 Å². The number of rotatable bonds is 4. The second-order valence-corrected chi connectivity index (χ2v) is 5.92. The summed E-state index contributed by atoms with van der Waals surface area (Å²) >= 11 is 0. The third-order valence-electron chi connectivity index (χ3n) is 4.04. The maximum Gasteiger partial charge on any atom is 0.319 e. The number of ether oxygens (including phenoxy) is 1. The molecule has 0 aromatic carbocycles. The number of hydrogen-bond donors (Lipinski definition) is 0. The van der Waals surface area contributed by atoms with Gasteiger partial charge in [0, 0.05) is 51.2 Å². The highest BCUT2D eigenvalue weighted by Gasteiger charge is 2.28. The topological polar surface area (TPSA) is 50.6 Å². The molecule has 1 aliphatic rings. The predicted octanol–water partition coefficient (Wildman–Crippen LogP) is 2.39. The number of urea groups is 1. The minimum absolute atomic E-state index is 0.0492.